The molecule has 0 radical (unpaired) electrons. The van der Waals surface area contributed by atoms with Crippen LogP contribution in [0.15, 0.2) is 42.7 Å². The van der Waals surface area contributed by atoms with E-state index in [1.807, 2.05) is 43.5 Å². The number of anilines is 1. The predicted molar refractivity (Wildman–Crippen MR) is 106 cm³/mol. The Hall–Kier alpha value is -3.00. The number of benzene rings is 1. The van der Waals surface area contributed by atoms with Crippen LogP contribution in [0.5, 0.6) is 5.75 Å². The SMILES string of the molecule is CCC[C@@H](CCO)Nc1nc(C)ncc1OCc1cn(-c2ccccc2)nn1. The monoisotopic (exact) mass is 382 g/mol. The lowest BCUT2D eigenvalue weighted by molar-refractivity contribution is 0.275. The highest BCUT2D eigenvalue weighted by atomic mass is 16.5. The minimum atomic E-state index is 0.126. The van der Waals surface area contributed by atoms with E-state index in [-0.39, 0.29) is 19.3 Å². The van der Waals surface area contributed by atoms with Crippen LogP contribution >= 0.6 is 0 Å². The average molecular weight is 382 g/mol. The van der Waals surface area contributed by atoms with Gasteiger partial charge in [-0.05, 0) is 31.9 Å². The summed E-state index contributed by atoms with van der Waals surface area (Å²) in [7, 11) is 0. The fraction of sp³-hybridized carbons (Fsp3) is 0.400. The summed E-state index contributed by atoms with van der Waals surface area (Å²) < 4.78 is 7.63. The zero-order valence-electron chi connectivity index (χ0n) is 16.2. The van der Waals surface area contributed by atoms with E-state index in [1.165, 1.54) is 0 Å². The molecule has 8 nitrogen and oxygen atoms in total. The Kier molecular flexibility index (Phi) is 6.91. The van der Waals surface area contributed by atoms with Crippen LogP contribution in [-0.2, 0) is 6.61 Å². The number of aliphatic hydroxyl groups excluding tert-OH is 1. The van der Waals surface area contributed by atoms with E-state index < -0.39 is 0 Å². The van der Waals surface area contributed by atoms with Crippen molar-refractivity contribution in [1.82, 2.24) is 25.0 Å². The summed E-state index contributed by atoms with van der Waals surface area (Å²) in [5.74, 6) is 1.85. The van der Waals surface area contributed by atoms with E-state index in [1.54, 1.807) is 10.9 Å². The zero-order chi connectivity index (χ0) is 19.8. The van der Waals surface area contributed by atoms with Gasteiger partial charge in [-0.3, -0.25) is 0 Å². The molecule has 0 aliphatic carbocycles. The van der Waals surface area contributed by atoms with Gasteiger partial charge in [-0.25, -0.2) is 14.6 Å². The number of ether oxygens (including phenoxy) is 1. The quantitative estimate of drug-likeness (QED) is 0.556. The van der Waals surface area contributed by atoms with Crippen LogP contribution in [-0.4, -0.2) is 42.7 Å². The Morgan fingerprint density at radius 1 is 1.21 bits per heavy atom. The van der Waals surface area contributed by atoms with Gasteiger partial charge >= 0.3 is 0 Å². The molecule has 0 spiro atoms. The summed E-state index contributed by atoms with van der Waals surface area (Å²) >= 11 is 0. The molecule has 0 saturated heterocycles. The average Bonchev–Trinajstić information content (AvgIpc) is 3.18. The van der Waals surface area contributed by atoms with Crippen LogP contribution in [0, 0.1) is 6.92 Å². The Morgan fingerprint density at radius 3 is 2.79 bits per heavy atom. The molecule has 0 unspecified atom stereocenters. The third-order valence-electron chi connectivity index (χ3n) is 4.27. The van der Waals surface area contributed by atoms with Gasteiger partial charge in [0.25, 0.3) is 0 Å². The highest BCUT2D eigenvalue weighted by molar-refractivity contribution is 5.49. The van der Waals surface area contributed by atoms with Gasteiger partial charge in [0.05, 0.1) is 18.1 Å². The third kappa shape index (κ3) is 5.26. The fourth-order valence-electron chi connectivity index (χ4n) is 2.88. The van der Waals surface area contributed by atoms with Crippen molar-refractivity contribution in [3.05, 3.63) is 54.2 Å². The number of nitrogens with one attached hydrogen (secondary N) is 1. The maximum atomic E-state index is 9.29. The lowest BCUT2D eigenvalue weighted by Crippen LogP contribution is -2.22. The smallest absolute Gasteiger partial charge is 0.180 e. The number of aromatic nitrogens is 5. The second-order valence-corrected chi connectivity index (χ2v) is 6.55. The topological polar surface area (TPSA) is 98.0 Å². The third-order valence-corrected chi connectivity index (χ3v) is 4.27. The Labute approximate surface area is 164 Å². The van der Waals surface area contributed by atoms with Crippen molar-refractivity contribution in [3.8, 4) is 11.4 Å². The number of nitrogens with zero attached hydrogens (tertiary/aromatic N) is 5. The first kappa shape index (κ1) is 19.8. The minimum absolute atomic E-state index is 0.126. The van der Waals surface area contributed by atoms with Gasteiger partial charge in [0.2, 0.25) is 0 Å². The number of aliphatic hydroxyl groups is 1. The molecule has 0 bridgehead atoms. The Morgan fingerprint density at radius 2 is 2.04 bits per heavy atom. The zero-order valence-corrected chi connectivity index (χ0v) is 16.2. The number of hydrogen-bond acceptors (Lipinski definition) is 7. The van der Waals surface area contributed by atoms with Crippen LogP contribution in [0.2, 0.25) is 0 Å². The number of aryl methyl sites for hydroxylation is 1. The summed E-state index contributed by atoms with van der Waals surface area (Å²) in [5, 5.41) is 21.0. The largest absolute Gasteiger partial charge is 0.482 e. The van der Waals surface area contributed by atoms with Crippen LogP contribution in [0.1, 0.15) is 37.7 Å². The molecule has 28 heavy (non-hydrogen) atoms. The first-order valence-electron chi connectivity index (χ1n) is 9.50. The van der Waals surface area contributed by atoms with E-state index in [0.717, 1.165) is 18.5 Å². The van der Waals surface area contributed by atoms with Gasteiger partial charge in [0, 0.05) is 12.6 Å². The van der Waals surface area contributed by atoms with Crippen molar-refractivity contribution in [3.63, 3.8) is 0 Å². The first-order chi connectivity index (χ1) is 13.7. The Balaban J connectivity index is 1.70. The lowest BCUT2D eigenvalue weighted by atomic mass is 10.1. The molecule has 2 heterocycles. The molecule has 3 aromatic rings. The summed E-state index contributed by atoms with van der Waals surface area (Å²) in [6, 6.07) is 9.92. The molecule has 0 aliphatic heterocycles. The second kappa shape index (κ2) is 9.80. The molecule has 0 amide bonds. The van der Waals surface area contributed by atoms with E-state index in [2.05, 4.69) is 32.5 Å². The van der Waals surface area contributed by atoms with Crippen molar-refractivity contribution in [2.45, 2.75) is 45.8 Å². The highest BCUT2D eigenvalue weighted by Crippen LogP contribution is 2.24. The van der Waals surface area contributed by atoms with Crippen LogP contribution in [0.3, 0.4) is 0 Å². The molecule has 148 valence electrons. The van der Waals surface area contributed by atoms with Gasteiger partial charge in [-0.1, -0.05) is 36.8 Å². The molecule has 1 atom stereocenters. The molecular formula is C20H26N6O2. The Bertz CT molecular complexity index is 862. The summed E-state index contributed by atoms with van der Waals surface area (Å²) in [6.45, 7) is 4.33. The first-order valence-corrected chi connectivity index (χ1v) is 9.50. The standard InChI is InChI=1S/C20H26N6O2/c1-3-7-16(10-11-27)23-20-19(12-21-15(2)22-20)28-14-17-13-26(25-24-17)18-8-5-4-6-9-18/h4-6,8-9,12-13,16,27H,3,7,10-11,14H2,1-2H3,(H,21,22,23)/t16-/m0/s1. The molecule has 0 aliphatic rings. The van der Waals surface area contributed by atoms with Gasteiger partial charge < -0.3 is 15.2 Å². The number of rotatable bonds is 10. The fourth-order valence-corrected chi connectivity index (χ4v) is 2.88. The summed E-state index contributed by atoms with van der Waals surface area (Å²) in [5.41, 5.74) is 1.64. The minimum Gasteiger partial charge on any atom is -0.482 e. The van der Waals surface area contributed by atoms with Crippen molar-refractivity contribution in [2.24, 2.45) is 0 Å². The molecule has 2 aromatic heterocycles. The normalized spacial score (nSPS) is 12.0. The molecule has 8 heteroatoms. The van der Waals surface area contributed by atoms with Crippen molar-refractivity contribution in [2.75, 3.05) is 11.9 Å². The second-order valence-electron chi connectivity index (χ2n) is 6.55. The van der Waals surface area contributed by atoms with E-state index in [4.69, 9.17) is 4.74 Å². The molecule has 1 aromatic carbocycles. The molecular weight excluding hydrogens is 356 g/mol. The highest BCUT2D eigenvalue weighted by Gasteiger charge is 2.14. The van der Waals surface area contributed by atoms with Crippen LogP contribution in [0.25, 0.3) is 5.69 Å². The molecule has 0 fully saturated rings. The molecule has 0 saturated carbocycles. The van der Waals surface area contributed by atoms with Crippen LogP contribution < -0.4 is 10.1 Å². The van der Waals surface area contributed by atoms with Gasteiger partial charge in [0.1, 0.15) is 18.1 Å². The summed E-state index contributed by atoms with van der Waals surface area (Å²) in [6.07, 6.45) is 6.11. The van der Waals surface area contributed by atoms with Crippen molar-refractivity contribution < 1.29 is 9.84 Å². The lowest BCUT2D eigenvalue weighted by Gasteiger charge is -2.19. The number of para-hydroxylation sites is 1. The predicted octanol–water partition coefficient (Wildman–Crippen LogP) is 2.91. The van der Waals surface area contributed by atoms with E-state index in [0.29, 0.717) is 29.5 Å². The maximum absolute atomic E-state index is 9.29. The van der Waals surface area contributed by atoms with Crippen molar-refractivity contribution >= 4 is 5.82 Å². The molecule has 2 N–H and O–H groups in total. The van der Waals surface area contributed by atoms with E-state index >= 15 is 0 Å². The van der Waals surface area contributed by atoms with Gasteiger partial charge in [-0.2, -0.15) is 0 Å². The maximum Gasteiger partial charge on any atom is 0.180 e. The van der Waals surface area contributed by atoms with Gasteiger partial charge in [0.15, 0.2) is 11.6 Å². The van der Waals surface area contributed by atoms with Crippen LogP contribution in [0.4, 0.5) is 5.82 Å². The van der Waals surface area contributed by atoms with Gasteiger partial charge in [-0.15, -0.1) is 5.10 Å². The summed E-state index contributed by atoms with van der Waals surface area (Å²) in [4.78, 5) is 8.71. The van der Waals surface area contributed by atoms with E-state index in [9.17, 15) is 5.11 Å². The number of hydrogen-bond donors (Lipinski definition) is 2. The molecule has 3 rings (SSSR count). The van der Waals surface area contributed by atoms with Crippen molar-refractivity contribution in [1.29, 1.82) is 0 Å².